The highest BCUT2D eigenvalue weighted by atomic mass is 35.5. The summed E-state index contributed by atoms with van der Waals surface area (Å²) in [6.45, 7) is 0.384. The molecule has 0 amide bonds. The van der Waals surface area contributed by atoms with Gasteiger partial charge in [-0.3, -0.25) is 0 Å². The zero-order chi connectivity index (χ0) is 14.4. The van der Waals surface area contributed by atoms with Crippen LogP contribution in [0.5, 0.6) is 0 Å². The van der Waals surface area contributed by atoms with Gasteiger partial charge < -0.3 is 5.73 Å². The zero-order valence-electron chi connectivity index (χ0n) is 10.7. The Morgan fingerprint density at radius 1 is 1.00 bits per heavy atom. The Balaban J connectivity index is 1.98. The summed E-state index contributed by atoms with van der Waals surface area (Å²) < 4.78 is 0. The van der Waals surface area contributed by atoms with Gasteiger partial charge in [-0.15, -0.1) is 11.8 Å². The molecule has 20 heavy (non-hydrogen) atoms. The summed E-state index contributed by atoms with van der Waals surface area (Å²) in [5.41, 5.74) is 7.56. The number of thioether (sulfide) groups is 1. The normalized spacial score (nSPS) is 9.95. The number of nitrogens with two attached hydrogens (primary N) is 1. The van der Waals surface area contributed by atoms with Crippen molar-refractivity contribution in [3.8, 4) is 11.8 Å². The molecule has 0 aliphatic rings. The average molecular weight is 322 g/mol. The summed E-state index contributed by atoms with van der Waals surface area (Å²) in [5.74, 6) is 6.72. The fraction of sp³-hybridized carbons (Fsp3) is 0.125. The first-order chi connectivity index (χ1) is 9.69. The smallest absolute Gasteiger partial charge is 0.0603 e. The third kappa shape index (κ3) is 4.47. The van der Waals surface area contributed by atoms with E-state index in [1.54, 1.807) is 11.8 Å². The lowest BCUT2D eigenvalue weighted by atomic mass is 10.1. The van der Waals surface area contributed by atoms with Crippen molar-refractivity contribution in [2.45, 2.75) is 10.6 Å². The van der Waals surface area contributed by atoms with Crippen molar-refractivity contribution in [1.29, 1.82) is 0 Å². The molecule has 0 saturated heterocycles. The molecule has 0 spiro atoms. The summed E-state index contributed by atoms with van der Waals surface area (Å²) in [4.78, 5) is 1.10. The van der Waals surface area contributed by atoms with Gasteiger partial charge in [0.2, 0.25) is 0 Å². The minimum Gasteiger partial charge on any atom is -0.320 e. The second-order valence-corrected chi connectivity index (χ2v) is 5.93. The topological polar surface area (TPSA) is 26.0 Å². The highest BCUT2D eigenvalue weighted by molar-refractivity contribution is 7.98. The van der Waals surface area contributed by atoms with Crippen LogP contribution in [0.1, 0.15) is 11.1 Å². The van der Waals surface area contributed by atoms with Gasteiger partial charge in [-0.1, -0.05) is 47.2 Å². The Morgan fingerprint density at radius 2 is 1.75 bits per heavy atom. The van der Waals surface area contributed by atoms with Gasteiger partial charge in [0, 0.05) is 16.2 Å². The molecule has 1 nitrogen and oxygen atoms in total. The van der Waals surface area contributed by atoms with E-state index in [4.69, 9.17) is 28.9 Å². The molecule has 0 aliphatic heterocycles. The summed E-state index contributed by atoms with van der Waals surface area (Å²) in [6, 6.07) is 13.8. The van der Waals surface area contributed by atoms with Gasteiger partial charge in [-0.2, -0.15) is 0 Å². The summed E-state index contributed by atoms with van der Waals surface area (Å²) in [5, 5.41) is 1.17. The van der Waals surface area contributed by atoms with Crippen molar-refractivity contribution in [2.24, 2.45) is 5.73 Å². The first-order valence-electron chi connectivity index (χ1n) is 6.05. The lowest BCUT2D eigenvalue weighted by molar-refractivity contribution is 1.30. The van der Waals surface area contributed by atoms with Gasteiger partial charge in [0.05, 0.1) is 16.6 Å². The van der Waals surface area contributed by atoms with Gasteiger partial charge in [-0.25, -0.2) is 0 Å². The van der Waals surface area contributed by atoms with Gasteiger partial charge in [-0.05, 0) is 35.9 Å². The predicted molar refractivity (Wildman–Crippen MR) is 88.4 cm³/mol. The molecule has 2 aromatic rings. The van der Waals surface area contributed by atoms with Gasteiger partial charge >= 0.3 is 0 Å². The van der Waals surface area contributed by atoms with Crippen molar-refractivity contribution in [2.75, 3.05) is 6.54 Å². The maximum Gasteiger partial charge on any atom is 0.0603 e. The van der Waals surface area contributed by atoms with Crippen molar-refractivity contribution in [3.63, 3.8) is 0 Å². The monoisotopic (exact) mass is 321 g/mol. The van der Waals surface area contributed by atoms with E-state index in [2.05, 4.69) is 24.0 Å². The Bertz CT molecular complexity index is 642. The van der Waals surface area contributed by atoms with Gasteiger partial charge in [0.25, 0.3) is 0 Å². The summed E-state index contributed by atoms with van der Waals surface area (Å²) in [6.07, 6.45) is 0. The zero-order valence-corrected chi connectivity index (χ0v) is 13.0. The Hall–Kier alpha value is -1.11. The minimum absolute atomic E-state index is 0.384. The molecule has 2 N–H and O–H groups in total. The molecule has 4 heteroatoms. The molecular formula is C16H13Cl2NS. The van der Waals surface area contributed by atoms with E-state index in [0.29, 0.717) is 16.6 Å². The lowest BCUT2D eigenvalue weighted by Crippen LogP contribution is -1.93. The molecule has 0 radical (unpaired) electrons. The van der Waals surface area contributed by atoms with Crippen LogP contribution in [0.2, 0.25) is 10.0 Å². The van der Waals surface area contributed by atoms with E-state index >= 15 is 0 Å². The molecule has 0 unspecified atom stereocenters. The fourth-order valence-electron chi connectivity index (χ4n) is 1.57. The number of halogens is 2. The Morgan fingerprint density at radius 3 is 2.40 bits per heavy atom. The molecule has 0 bridgehead atoms. The second kappa shape index (κ2) is 7.61. The molecule has 2 aromatic carbocycles. The maximum atomic E-state index is 5.99. The standard InChI is InChI=1S/C16H13Cl2NS/c17-15-8-7-14(10-16(15)18)20-11-13-5-3-12(4-6-13)2-1-9-19/h3-8,10H,9,11,19H2. The summed E-state index contributed by atoms with van der Waals surface area (Å²) in [7, 11) is 0. The van der Waals surface area contributed by atoms with Crippen LogP contribution in [0.3, 0.4) is 0 Å². The molecular weight excluding hydrogens is 309 g/mol. The van der Waals surface area contributed by atoms with Crippen LogP contribution < -0.4 is 5.73 Å². The molecule has 0 heterocycles. The van der Waals surface area contributed by atoms with Crippen molar-refractivity contribution in [1.82, 2.24) is 0 Å². The molecule has 2 rings (SSSR count). The van der Waals surface area contributed by atoms with Crippen LogP contribution in [0.15, 0.2) is 47.4 Å². The highest BCUT2D eigenvalue weighted by Gasteiger charge is 2.01. The van der Waals surface area contributed by atoms with Gasteiger partial charge in [0.15, 0.2) is 0 Å². The quantitative estimate of drug-likeness (QED) is 0.660. The molecule has 0 atom stereocenters. The van der Waals surface area contributed by atoms with Crippen molar-refractivity contribution < 1.29 is 0 Å². The van der Waals surface area contributed by atoms with Crippen LogP contribution in [-0.2, 0) is 5.75 Å². The van der Waals surface area contributed by atoms with Crippen LogP contribution in [0, 0.1) is 11.8 Å². The molecule has 102 valence electrons. The van der Waals surface area contributed by atoms with Crippen LogP contribution in [0.4, 0.5) is 0 Å². The van der Waals surface area contributed by atoms with E-state index in [0.717, 1.165) is 16.2 Å². The SMILES string of the molecule is NCC#Cc1ccc(CSc2ccc(Cl)c(Cl)c2)cc1. The molecule has 0 saturated carbocycles. The predicted octanol–water partition coefficient (Wildman–Crippen LogP) is 4.60. The Labute approximate surface area is 133 Å². The lowest BCUT2D eigenvalue weighted by Gasteiger charge is -2.04. The van der Waals surface area contributed by atoms with Crippen LogP contribution >= 0.6 is 35.0 Å². The number of hydrogen-bond donors (Lipinski definition) is 1. The average Bonchev–Trinajstić information content (AvgIpc) is 2.47. The first-order valence-corrected chi connectivity index (χ1v) is 7.79. The van der Waals surface area contributed by atoms with E-state index < -0.39 is 0 Å². The maximum absolute atomic E-state index is 5.99. The number of rotatable bonds is 3. The summed E-state index contributed by atoms with van der Waals surface area (Å²) >= 11 is 13.6. The van der Waals surface area contributed by atoms with Crippen LogP contribution in [-0.4, -0.2) is 6.54 Å². The minimum atomic E-state index is 0.384. The third-order valence-electron chi connectivity index (χ3n) is 2.59. The number of hydrogen-bond acceptors (Lipinski definition) is 2. The molecule has 0 aromatic heterocycles. The largest absolute Gasteiger partial charge is 0.320 e. The van der Waals surface area contributed by atoms with Crippen molar-refractivity contribution in [3.05, 3.63) is 63.6 Å². The Kier molecular flexibility index (Phi) is 5.82. The van der Waals surface area contributed by atoms with Crippen LogP contribution in [0.25, 0.3) is 0 Å². The second-order valence-electron chi connectivity index (χ2n) is 4.07. The van der Waals surface area contributed by atoms with E-state index in [1.165, 1.54) is 5.56 Å². The highest BCUT2D eigenvalue weighted by Crippen LogP contribution is 2.29. The van der Waals surface area contributed by atoms with E-state index in [9.17, 15) is 0 Å². The third-order valence-corrected chi connectivity index (χ3v) is 4.39. The fourth-order valence-corrected chi connectivity index (χ4v) is 2.82. The van der Waals surface area contributed by atoms with E-state index in [1.807, 2.05) is 30.3 Å². The van der Waals surface area contributed by atoms with Crippen molar-refractivity contribution >= 4 is 35.0 Å². The van der Waals surface area contributed by atoms with E-state index in [-0.39, 0.29) is 0 Å². The van der Waals surface area contributed by atoms with Gasteiger partial charge in [0.1, 0.15) is 0 Å². The molecule has 0 fully saturated rings. The first kappa shape index (κ1) is 15.3. The number of benzene rings is 2. The molecule has 0 aliphatic carbocycles.